The molecule has 0 bridgehead atoms. The monoisotopic (exact) mass is 183 g/mol. The summed E-state index contributed by atoms with van der Waals surface area (Å²) in [6, 6.07) is 6.97. The molecule has 71 valence electrons. The second-order valence-electron chi connectivity index (χ2n) is 2.98. The van der Waals surface area contributed by atoms with Crippen LogP contribution < -0.4 is 0 Å². The SMILES string of the molecule is OCC(CO)Cc1cc[c]c(F)c1. The van der Waals surface area contributed by atoms with Crippen molar-refractivity contribution in [3.63, 3.8) is 0 Å². The molecule has 0 aliphatic carbocycles. The van der Waals surface area contributed by atoms with Gasteiger partial charge in [-0.25, -0.2) is 4.39 Å². The fourth-order valence-corrected chi connectivity index (χ4v) is 1.13. The molecule has 0 atom stereocenters. The summed E-state index contributed by atoms with van der Waals surface area (Å²) >= 11 is 0. The van der Waals surface area contributed by atoms with E-state index in [1.807, 2.05) is 0 Å². The van der Waals surface area contributed by atoms with Crippen LogP contribution in [0, 0.1) is 17.8 Å². The van der Waals surface area contributed by atoms with Crippen LogP contribution in [0.1, 0.15) is 5.56 Å². The van der Waals surface area contributed by atoms with Gasteiger partial charge in [-0.1, -0.05) is 12.1 Å². The third-order valence-corrected chi connectivity index (χ3v) is 1.87. The molecule has 0 amide bonds. The Hall–Kier alpha value is -0.930. The zero-order valence-corrected chi connectivity index (χ0v) is 7.20. The summed E-state index contributed by atoms with van der Waals surface area (Å²) in [5, 5.41) is 17.6. The molecule has 13 heavy (non-hydrogen) atoms. The Bertz CT molecular complexity index is 259. The average Bonchev–Trinajstić information content (AvgIpc) is 2.14. The molecular formula is C10H12FO2. The molecule has 1 radical (unpaired) electrons. The van der Waals surface area contributed by atoms with E-state index in [2.05, 4.69) is 6.07 Å². The predicted molar refractivity (Wildman–Crippen MR) is 46.6 cm³/mol. The van der Waals surface area contributed by atoms with Gasteiger partial charge in [-0.2, -0.15) is 0 Å². The molecule has 0 saturated carbocycles. The van der Waals surface area contributed by atoms with Gasteiger partial charge in [-0.3, -0.25) is 0 Å². The van der Waals surface area contributed by atoms with E-state index in [0.717, 1.165) is 5.56 Å². The quantitative estimate of drug-likeness (QED) is 0.723. The third kappa shape index (κ3) is 3.13. The largest absolute Gasteiger partial charge is 0.396 e. The van der Waals surface area contributed by atoms with E-state index in [0.29, 0.717) is 6.42 Å². The Kier molecular flexibility index (Phi) is 3.86. The van der Waals surface area contributed by atoms with Crippen LogP contribution in [0.3, 0.4) is 0 Å². The van der Waals surface area contributed by atoms with Crippen LogP contribution in [-0.4, -0.2) is 23.4 Å². The number of rotatable bonds is 4. The van der Waals surface area contributed by atoms with Crippen LogP contribution in [0.25, 0.3) is 0 Å². The molecule has 0 aliphatic rings. The summed E-state index contributed by atoms with van der Waals surface area (Å²) in [6.07, 6.45) is 0.485. The summed E-state index contributed by atoms with van der Waals surface area (Å²) < 4.78 is 12.6. The lowest BCUT2D eigenvalue weighted by Crippen LogP contribution is -2.13. The van der Waals surface area contributed by atoms with E-state index in [4.69, 9.17) is 10.2 Å². The van der Waals surface area contributed by atoms with Crippen LogP contribution in [-0.2, 0) is 6.42 Å². The van der Waals surface area contributed by atoms with Gasteiger partial charge in [0, 0.05) is 25.2 Å². The molecule has 1 aromatic rings. The van der Waals surface area contributed by atoms with E-state index in [9.17, 15) is 4.39 Å². The van der Waals surface area contributed by atoms with E-state index < -0.39 is 5.82 Å². The third-order valence-electron chi connectivity index (χ3n) is 1.87. The molecular weight excluding hydrogens is 171 g/mol. The smallest absolute Gasteiger partial charge is 0.131 e. The molecule has 2 N–H and O–H groups in total. The average molecular weight is 183 g/mol. The number of halogens is 1. The van der Waals surface area contributed by atoms with Crippen LogP contribution in [0.2, 0.25) is 0 Å². The zero-order valence-electron chi connectivity index (χ0n) is 7.20. The van der Waals surface area contributed by atoms with E-state index in [-0.39, 0.29) is 19.1 Å². The lowest BCUT2D eigenvalue weighted by atomic mass is 10.0. The first-order valence-corrected chi connectivity index (χ1v) is 4.14. The summed E-state index contributed by atoms with van der Waals surface area (Å²) in [4.78, 5) is 0. The van der Waals surface area contributed by atoms with Gasteiger partial charge in [0.05, 0.1) is 0 Å². The molecule has 1 aromatic carbocycles. The van der Waals surface area contributed by atoms with Gasteiger partial charge in [0.2, 0.25) is 0 Å². The summed E-state index contributed by atoms with van der Waals surface area (Å²) in [5.74, 6) is -0.617. The van der Waals surface area contributed by atoms with Gasteiger partial charge in [-0.15, -0.1) is 0 Å². The van der Waals surface area contributed by atoms with E-state index in [1.54, 1.807) is 6.07 Å². The zero-order chi connectivity index (χ0) is 9.68. The highest BCUT2D eigenvalue weighted by Crippen LogP contribution is 2.09. The molecule has 0 unspecified atom stereocenters. The summed E-state index contributed by atoms with van der Waals surface area (Å²) in [7, 11) is 0. The fourth-order valence-electron chi connectivity index (χ4n) is 1.13. The Labute approximate surface area is 76.6 Å². The second-order valence-corrected chi connectivity index (χ2v) is 2.98. The molecule has 1 rings (SSSR count). The van der Waals surface area contributed by atoms with Crippen molar-refractivity contribution < 1.29 is 14.6 Å². The molecule has 2 nitrogen and oxygen atoms in total. The van der Waals surface area contributed by atoms with Gasteiger partial charge in [-0.05, 0) is 18.1 Å². The maximum absolute atomic E-state index is 12.6. The Balaban J connectivity index is 2.62. The minimum atomic E-state index is -0.410. The van der Waals surface area contributed by atoms with Crippen molar-refractivity contribution in [3.8, 4) is 0 Å². The maximum Gasteiger partial charge on any atom is 0.131 e. The van der Waals surface area contributed by atoms with Crippen molar-refractivity contribution in [2.24, 2.45) is 5.92 Å². The lowest BCUT2D eigenvalue weighted by molar-refractivity contribution is 0.150. The minimum Gasteiger partial charge on any atom is -0.396 e. The van der Waals surface area contributed by atoms with Crippen molar-refractivity contribution >= 4 is 0 Å². The molecule has 0 heterocycles. The highest BCUT2D eigenvalue weighted by Gasteiger charge is 2.07. The standard InChI is InChI=1S/C10H12FO2/c11-10-3-1-2-8(5-10)4-9(6-12)7-13/h1-2,5,9,12-13H,4,6-7H2. The van der Waals surface area contributed by atoms with E-state index in [1.165, 1.54) is 12.1 Å². The van der Waals surface area contributed by atoms with Gasteiger partial charge in [0.1, 0.15) is 5.82 Å². The van der Waals surface area contributed by atoms with Crippen LogP contribution in [0.4, 0.5) is 4.39 Å². The molecule has 0 spiro atoms. The Morgan fingerprint density at radius 1 is 1.38 bits per heavy atom. The number of benzene rings is 1. The summed E-state index contributed by atoms with van der Waals surface area (Å²) in [6.45, 7) is -0.173. The fraction of sp³-hybridized carbons (Fsp3) is 0.400. The lowest BCUT2D eigenvalue weighted by Gasteiger charge is -2.09. The van der Waals surface area contributed by atoms with Crippen molar-refractivity contribution in [2.75, 3.05) is 13.2 Å². The summed E-state index contributed by atoms with van der Waals surface area (Å²) in [5.41, 5.74) is 0.768. The highest BCUT2D eigenvalue weighted by molar-refractivity contribution is 5.15. The first kappa shape index (κ1) is 10.2. The van der Waals surface area contributed by atoms with Gasteiger partial charge in [0.15, 0.2) is 0 Å². The van der Waals surface area contributed by atoms with E-state index >= 15 is 0 Å². The second kappa shape index (κ2) is 4.94. The number of hydrogen-bond acceptors (Lipinski definition) is 2. The van der Waals surface area contributed by atoms with Gasteiger partial charge >= 0.3 is 0 Å². The maximum atomic E-state index is 12.6. The highest BCUT2D eigenvalue weighted by atomic mass is 19.1. The number of hydrogen-bond donors (Lipinski definition) is 2. The van der Waals surface area contributed by atoms with Crippen LogP contribution in [0.5, 0.6) is 0 Å². The predicted octanol–water partition coefficient (Wildman–Crippen LogP) is 0.769. The van der Waals surface area contributed by atoms with Gasteiger partial charge < -0.3 is 10.2 Å². The van der Waals surface area contributed by atoms with Crippen molar-refractivity contribution in [2.45, 2.75) is 6.42 Å². The van der Waals surface area contributed by atoms with Crippen LogP contribution in [0.15, 0.2) is 18.2 Å². The Morgan fingerprint density at radius 2 is 2.08 bits per heavy atom. The number of aliphatic hydroxyl groups excluding tert-OH is 2. The van der Waals surface area contributed by atoms with Crippen LogP contribution >= 0.6 is 0 Å². The molecule has 0 fully saturated rings. The Morgan fingerprint density at radius 3 is 2.62 bits per heavy atom. The van der Waals surface area contributed by atoms with Crippen molar-refractivity contribution in [3.05, 3.63) is 35.6 Å². The molecule has 3 heteroatoms. The number of aliphatic hydroxyl groups is 2. The normalized spacial score (nSPS) is 10.8. The topological polar surface area (TPSA) is 40.5 Å². The first-order chi connectivity index (χ1) is 6.26. The van der Waals surface area contributed by atoms with Gasteiger partial charge in [0.25, 0.3) is 0 Å². The minimum absolute atomic E-state index is 0.0866. The van der Waals surface area contributed by atoms with Crippen molar-refractivity contribution in [1.29, 1.82) is 0 Å². The molecule has 0 saturated heterocycles. The molecule has 0 aliphatic heterocycles. The molecule has 0 aromatic heterocycles. The van der Waals surface area contributed by atoms with Crippen molar-refractivity contribution in [1.82, 2.24) is 0 Å². The first-order valence-electron chi connectivity index (χ1n) is 4.14.